The van der Waals surface area contributed by atoms with Crippen molar-refractivity contribution in [2.24, 2.45) is 0 Å². The van der Waals surface area contributed by atoms with E-state index in [1.165, 1.54) is 10.4 Å². The van der Waals surface area contributed by atoms with Gasteiger partial charge in [-0.15, -0.1) is 0 Å². The molecule has 1 amide bonds. The van der Waals surface area contributed by atoms with Crippen molar-refractivity contribution in [1.82, 2.24) is 4.31 Å². The molecule has 2 aromatic carbocycles. The Morgan fingerprint density at radius 2 is 1.75 bits per heavy atom. The van der Waals surface area contributed by atoms with Crippen molar-refractivity contribution in [3.8, 4) is 0 Å². The van der Waals surface area contributed by atoms with Crippen LogP contribution in [0.4, 0.5) is 11.4 Å². The highest BCUT2D eigenvalue weighted by Gasteiger charge is 2.28. The molecule has 32 heavy (non-hydrogen) atoms. The maximum Gasteiger partial charge on any atom is 0.338 e. The van der Waals surface area contributed by atoms with Gasteiger partial charge in [0.05, 0.1) is 23.7 Å². The number of carbonyl (C=O) groups excluding carboxylic acids is 2. The lowest BCUT2D eigenvalue weighted by Crippen LogP contribution is -2.40. The first-order valence-corrected chi connectivity index (χ1v) is 11.6. The second-order valence-corrected chi connectivity index (χ2v) is 9.47. The van der Waals surface area contributed by atoms with Crippen LogP contribution in [-0.4, -0.2) is 71.6 Å². The Morgan fingerprint density at radius 3 is 2.38 bits per heavy atom. The smallest absolute Gasteiger partial charge is 0.338 e. The molecule has 1 aliphatic heterocycles. The van der Waals surface area contributed by atoms with E-state index in [1.54, 1.807) is 43.3 Å². The number of morpholine rings is 1. The summed E-state index contributed by atoms with van der Waals surface area (Å²) in [5.74, 6) is -1.19. The number of hydrogen-bond donors (Lipinski definition) is 1. The molecule has 0 saturated carbocycles. The minimum absolute atomic E-state index is 0.121. The SMILES string of the molecule is Cc1ccc(NC(=O)COC(=O)c2ccc(N(C)C)cc2)cc1S(=O)(=O)N1CCOCC1. The third-order valence-corrected chi connectivity index (χ3v) is 7.05. The Labute approximate surface area is 188 Å². The van der Waals surface area contributed by atoms with Crippen molar-refractivity contribution in [2.75, 3.05) is 57.2 Å². The maximum absolute atomic E-state index is 13.0. The monoisotopic (exact) mass is 461 g/mol. The summed E-state index contributed by atoms with van der Waals surface area (Å²) in [6, 6.07) is 11.4. The molecule has 2 aromatic rings. The van der Waals surface area contributed by atoms with Gasteiger partial charge in [-0.2, -0.15) is 4.31 Å². The van der Waals surface area contributed by atoms with Crippen LogP contribution in [0.1, 0.15) is 15.9 Å². The quantitative estimate of drug-likeness (QED) is 0.628. The molecular formula is C22H27N3O6S. The van der Waals surface area contributed by atoms with Crippen LogP contribution >= 0.6 is 0 Å². The lowest BCUT2D eigenvalue weighted by molar-refractivity contribution is -0.119. The van der Waals surface area contributed by atoms with Gasteiger partial charge in [0, 0.05) is 38.6 Å². The number of esters is 1. The summed E-state index contributed by atoms with van der Waals surface area (Å²) in [6.45, 7) is 2.46. The fourth-order valence-electron chi connectivity index (χ4n) is 3.19. The van der Waals surface area contributed by atoms with E-state index < -0.39 is 28.5 Å². The van der Waals surface area contributed by atoms with Gasteiger partial charge in [-0.1, -0.05) is 6.07 Å². The third kappa shape index (κ3) is 5.64. The molecule has 0 aliphatic carbocycles. The van der Waals surface area contributed by atoms with Crippen LogP contribution in [0, 0.1) is 6.92 Å². The predicted molar refractivity (Wildman–Crippen MR) is 120 cm³/mol. The van der Waals surface area contributed by atoms with Crippen molar-refractivity contribution >= 4 is 33.3 Å². The van der Waals surface area contributed by atoms with Crippen LogP contribution in [0.3, 0.4) is 0 Å². The first kappa shape index (κ1) is 23.7. The molecular weight excluding hydrogens is 434 g/mol. The Bertz CT molecular complexity index is 1080. The number of nitrogens with one attached hydrogen (secondary N) is 1. The first-order valence-electron chi connectivity index (χ1n) is 10.1. The summed E-state index contributed by atoms with van der Waals surface area (Å²) >= 11 is 0. The van der Waals surface area contributed by atoms with Crippen LogP contribution < -0.4 is 10.2 Å². The zero-order valence-electron chi connectivity index (χ0n) is 18.3. The van der Waals surface area contributed by atoms with Gasteiger partial charge < -0.3 is 19.7 Å². The van der Waals surface area contributed by atoms with Crippen LogP contribution in [0.5, 0.6) is 0 Å². The Kier molecular flexibility index (Phi) is 7.49. The molecule has 0 unspecified atom stereocenters. The molecule has 0 bridgehead atoms. The highest BCUT2D eigenvalue weighted by Crippen LogP contribution is 2.24. The largest absolute Gasteiger partial charge is 0.452 e. The molecule has 0 radical (unpaired) electrons. The number of sulfonamides is 1. The van der Waals surface area contributed by atoms with Gasteiger partial charge in [0.25, 0.3) is 5.91 Å². The van der Waals surface area contributed by atoms with Gasteiger partial charge in [0.15, 0.2) is 6.61 Å². The molecule has 1 aliphatic rings. The van der Waals surface area contributed by atoms with E-state index in [1.807, 2.05) is 19.0 Å². The van der Waals surface area contributed by atoms with E-state index in [0.29, 0.717) is 30.0 Å². The molecule has 172 valence electrons. The number of aryl methyl sites for hydroxylation is 1. The third-order valence-electron chi connectivity index (χ3n) is 5.01. The van der Waals surface area contributed by atoms with Crippen molar-refractivity contribution in [3.63, 3.8) is 0 Å². The zero-order chi connectivity index (χ0) is 23.3. The van der Waals surface area contributed by atoms with E-state index in [9.17, 15) is 18.0 Å². The van der Waals surface area contributed by atoms with Crippen molar-refractivity contribution in [3.05, 3.63) is 53.6 Å². The van der Waals surface area contributed by atoms with Crippen molar-refractivity contribution in [2.45, 2.75) is 11.8 Å². The average molecular weight is 462 g/mol. The minimum atomic E-state index is -3.71. The number of amides is 1. The predicted octanol–water partition coefficient (Wildman–Crippen LogP) is 1.88. The van der Waals surface area contributed by atoms with Crippen molar-refractivity contribution < 1.29 is 27.5 Å². The molecule has 0 atom stereocenters. The van der Waals surface area contributed by atoms with Crippen LogP contribution in [0.15, 0.2) is 47.4 Å². The highest BCUT2D eigenvalue weighted by molar-refractivity contribution is 7.89. The van der Waals surface area contributed by atoms with Gasteiger partial charge in [0.2, 0.25) is 10.0 Å². The Balaban J connectivity index is 1.62. The summed E-state index contributed by atoms with van der Waals surface area (Å²) < 4.78 is 37.6. The van der Waals surface area contributed by atoms with E-state index in [2.05, 4.69) is 5.32 Å². The lowest BCUT2D eigenvalue weighted by Gasteiger charge is -2.26. The van der Waals surface area contributed by atoms with Crippen molar-refractivity contribution in [1.29, 1.82) is 0 Å². The summed E-state index contributed by atoms with van der Waals surface area (Å²) in [4.78, 5) is 26.5. The lowest BCUT2D eigenvalue weighted by atomic mass is 10.2. The van der Waals surface area contributed by atoms with Gasteiger partial charge in [-0.05, 0) is 48.9 Å². The minimum Gasteiger partial charge on any atom is -0.452 e. The number of hydrogen-bond acceptors (Lipinski definition) is 7. The van der Waals surface area contributed by atoms with Crippen LogP contribution in [0.2, 0.25) is 0 Å². The van der Waals surface area contributed by atoms with Gasteiger partial charge in [0.1, 0.15) is 0 Å². The van der Waals surface area contributed by atoms with Crippen LogP contribution in [-0.2, 0) is 24.3 Å². The molecule has 10 heteroatoms. The second kappa shape index (κ2) is 10.1. The summed E-state index contributed by atoms with van der Waals surface area (Å²) in [5.41, 5.74) is 2.14. The number of rotatable bonds is 7. The number of ether oxygens (including phenoxy) is 2. The summed E-state index contributed by atoms with van der Waals surface area (Å²) in [7, 11) is 0.0692. The molecule has 1 heterocycles. The zero-order valence-corrected chi connectivity index (χ0v) is 19.1. The number of carbonyl (C=O) groups is 2. The first-order chi connectivity index (χ1) is 15.2. The number of nitrogens with zero attached hydrogens (tertiary/aromatic N) is 2. The maximum atomic E-state index is 13.0. The molecule has 1 saturated heterocycles. The Morgan fingerprint density at radius 1 is 1.09 bits per heavy atom. The van der Waals surface area contributed by atoms with E-state index in [4.69, 9.17) is 9.47 Å². The standard InChI is InChI=1S/C22H27N3O6S/c1-16-4-7-18(14-20(16)32(28,29)25-10-12-30-13-11-25)23-21(26)15-31-22(27)17-5-8-19(9-6-17)24(2)3/h4-9,14H,10-13,15H2,1-3H3,(H,23,26). The normalized spacial score (nSPS) is 14.6. The molecule has 0 spiro atoms. The van der Waals surface area contributed by atoms with E-state index in [-0.39, 0.29) is 18.0 Å². The molecule has 1 fully saturated rings. The van der Waals surface area contributed by atoms with Crippen LogP contribution in [0.25, 0.3) is 0 Å². The second-order valence-electron chi connectivity index (χ2n) is 7.56. The number of anilines is 2. The topological polar surface area (TPSA) is 105 Å². The van der Waals surface area contributed by atoms with Gasteiger partial charge in [-0.25, -0.2) is 13.2 Å². The van der Waals surface area contributed by atoms with E-state index >= 15 is 0 Å². The van der Waals surface area contributed by atoms with Gasteiger partial charge in [-0.3, -0.25) is 4.79 Å². The molecule has 9 nitrogen and oxygen atoms in total. The fourth-order valence-corrected chi connectivity index (χ4v) is 4.85. The summed E-state index contributed by atoms with van der Waals surface area (Å²) in [5, 5.41) is 2.58. The van der Waals surface area contributed by atoms with E-state index in [0.717, 1.165) is 5.69 Å². The Hall–Kier alpha value is -2.95. The molecule has 0 aromatic heterocycles. The van der Waals surface area contributed by atoms with Gasteiger partial charge >= 0.3 is 5.97 Å². The number of benzene rings is 2. The average Bonchev–Trinajstić information content (AvgIpc) is 2.79. The molecule has 1 N–H and O–H groups in total. The summed E-state index contributed by atoms with van der Waals surface area (Å²) in [6.07, 6.45) is 0. The molecule has 3 rings (SSSR count). The fraction of sp³-hybridized carbons (Fsp3) is 0.364. The highest BCUT2D eigenvalue weighted by atomic mass is 32.2.